The standard InChI is InChI=1S/C19H25FN4.HI/c1-21-19(22-12-15-7-9-18(20)10-8-15)23-13-16-5-4-6-17(11-16)14-24(2)3;/h4-11H,12-14H2,1-3H3,(H2,21,22,23);1H. The van der Waals surface area contributed by atoms with Crippen LogP contribution in [0, 0.1) is 5.82 Å². The van der Waals surface area contributed by atoms with Gasteiger partial charge in [-0.25, -0.2) is 4.39 Å². The van der Waals surface area contributed by atoms with E-state index in [-0.39, 0.29) is 29.8 Å². The predicted molar refractivity (Wildman–Crippen MR) is 113 cm³/mol. The molecular formula is C19H26FIN4. The van der Waals surface area contributed by atoms with Gasteiger partial charge in [0.25, 0.3) is 0 Å². The largest absolute Gasteiger partial charge is 0.352 e. The molecule has 0 bridgehead atoms. The summed E-state index contributed by atoms with van der Waals surface area (Å²) in [4.78, 5) is 6.37. The maximum absolute atomic E-state index is 12.9. The van der Waals surface area contributed by atoms with Crippen molar-refractivity contribution in [3.05, 3.63) is 71.0 Å². The molecule has 25 heavy (non-hydrogen) atoms. The molecule has 0 aliphatic carbocycles. The highest BCUT2D eigenvalue weighted by molar-refractivity contribution is 14.0. The summed E-state index contributed by atoms with van der Waals surface area (Å²) < 4.78 is 12.9. The molecule has 0 saturated heterocycles. The van der Waals surface area contributed by atoms with Gasteiger partial charge in [-0.1, -0.05) is 36.4 Å². The lowest BCUT2D eigenvalue weighted by atomic mass is 10.1. The van der Waals surface area contributed by atoms with E-state index < -0.39 is 0 Å². The van der Waals surface area contributed by atoms with E-state index in [4.69, 9.17) is 0 Å². The van der Waals surface area contributed by atoms with Crippen molar-refractivity contribution in [2.24, 2.45) is 4.99 Å². The first-order valence-electron chi connectivity index (χ1n) is 7.98. The molecule has 0 radical (unpaired) electrons. The van der Waals surface area contributed by atoms with Gasteiger partial charge in [0.15, 0.2) is 5.96 Å². The Bertz CT molecular complexity index is 671. The number of aliphatic imine (C=N–C) groups is 1. The van der Waals surface area contributed by atoms with Gasteiger partial charge in [-0.05, 0) is 42.9 Å². The molecule has 0 aliphatic heterocycles. The van der Waals surface area contributed by atoms with Crippen molar-refractivity contribution in [2.45, 2.75) is 19.6 Å². The Hall–Kier alpha value is -1.67. The first-order chi connectivity index (χ1) is 11.6. The van der Waals surface area contributed by atoms with Gasteiger partial charge < -0.3 is 15.5 Å². The molecule has 2 rings (SSSR count). The Morgan fingerprint density at radius 2 is 1.56 bits per heavy atom. The van der Waals surface area contributed by atoms with Gasteiger partial charge in [0.2, 0.25) is 0 Å². The second-order valence-corrected chi connectivity index (χ2v) is 5.96. The summed E-state index contributed by atoms with van der Waals surface area (Å²) >= 11 is 0. The average Bonchev–Trinajstić information content (AvgIpc) is 2.56. The third-order valence-corrected chi connectivity index (χ3v) is 3.55. The fraction of sp³-hybridized carbons (Fsp3) is 0.316. The lowest BCUT2D eigenvalue weighted by Crippen LogP contribution is -2.36. The summed E-state index contributed by atoms with van der Waals surface area (Å²) in [5.41, 5.74) is 3.50. The molecule has 0 aromatic heterocycles. The van der Waals surface area contributed by atoms with Crippen molar-refractivity contribution in [1.29, 1.82) is 0 Å². The highest BCUT2D eigenvalue weighted by Gasteiger charge is 2.01. The zero-order chi connectivity index (χ0) is 17.4. The minimum atomic E-state index is -0.223. The highest BCUT2D eigenvalue weighted by atomic mass is 127. The molecule has 136 valence electrons. The normalized spacial score (nSPS) is 11.2. The molecule has 0 amide bonds. The summed E-state index contributed by atoms with van der Waals surface area (Å²) in [6, 6.07) is 14.9. The van der Waals surface area contributed by atoms with E-state index in [1.807, 2.05) is 0 Å². The third kappa shape index (κ3) is 7.83. The summed E-state index contributed by atoms with van der Waals surface area (Å²) in [6.07, 6.45) is 0. The predicted octanol–water partition coefficient (Wildman–Crippen LogP) is 3.37. The fourth-order valence-electron chi connectivity index (χ4n) is 2.40. The summed E-state index contributed by atoms with van der Waals surface area (Å²) in [5.74, 6) is 0.496. The first-order valence-corrected chi connectivity index (χ1v) is 7.98. The molecule has 0 aliphatic rings. The van der Waals surface area contributed by atoms with Gasteiger partial charge in [-0.2, -0.15) is 0 Å². The highest BCUT2D eigenvalue weighted by Crippen LogP contribution is 2.07. The van der Waals surface area contributed by atoms with Crippen LogP contribution in [0.2, 0.25) is 0 Å². The van der Waals surface area contributed by atoms with Gasteiger partial charge in [-0.15, -0.1) is 24.0 Å². The average molecular weight is 456 g/mol. The van der Waals surface area contributed by atoms with E-state index in [0.717, 1.165) is 18.1 Å². The number of rotatable bonds is 6. The van der Waals surface area contributed by atoms with Gasteiger partial charge in [0.05, 0.1) is 0 Å². The zero-order valence-electron chi connectivity index (χ0n) is 14.9. The van der Waals surface area contributed by atoms with Gasteiger partial charge in [0.1, 0.15) is 5.82 Å². The van der Waals surface area contributed by atoms with Crippen molar-refractivity contribution < 1.29 is 4.39 Å². The van der Waals surface area contributed by atoms with Crippen LogP contribution >= 0.6 is 24.0 Å². The van der Waals surface area contributed by atoms with Gasteiger partial charge in [-0.3, -0.25) is 4.99 Å². The smallest absolute Gasteiger partial charge is 0.191 e. The van der Waals surface area contributed by atoms with Crippen molar-refractivity contribution in [3.8, 4) is 0 Å². The number of hydrogen-bond acceptors (Lipinski definition) is 2. The molecule has 2 N–H and O–H groups in total. The molecule has 6 heteroatoms. The number of nitrogens with one attached hydrogen (secondary N) is 2. The van der Waals surface area contributed by atoms with Crippen LogP contribution in [0.4, 0.5) is 4.39 Å². The van der Waals surface area contributed by atoms with Crippen LogP contribution in [-0.4, -0.2) is 32.0 Å². The number of guanidine groups is 1. The fourth-order valence-corrected chi connectivity index (χ4v) is 2.40. The molecule has 0 saturated carbocycles. The SMILES string of the molecule is CN=C(NCc1ccc(F)cc1)NCc1cccc(CN(C)C)c1.I. The number of nitrogens with zero attached hydrogens (tertiary/aromatic N) is 2. The van der Waals surface area contributed by atoms with E-state index in [1.54, 1.807) is 19.2 Å². The molecule has 0 heterocycles. The molecular weight excluding hydrogens is 430 g/mol. The second kappa shape index (κ2) is 11.0. The second-order valence-electron chi connectivity index (χ2n) is 5.96. The van der Waals surface area contributed by atoms with Crippen molar-refractivity contribution in [2.75, 3.05) is 21.1 Å². The molecule has 4 nitrogen and oxygen atoms in total. The van der Waals surface area contributed by atoms with Crippen LogP contribution in [0.1, 0.15) is 16.7 Å². The Labute approximate surface area is 166 Å². The molecule has 2 aromatic carbocycles. The zero-order valence-corrected chi connectivity index (χ0v) is 17.3. The first kappa shape index (κ1) is 21.4. The Balaban J connectivity index is 0.00000312. The number of hydrogen-bond donors (Lipinski definition) is 2. The summed E-state index contributed by atoms with van der Waals surface area (Å²) in [6.45, 7) is 2.22. The summed E-state index contributed by atoms with van der Waals surface area (Å²) in [7, 11) is 5.86. The van der Waals surface area contributed by atoms with E-state index in [0.29, 0.717) is 13.1 Å². The van der Waals surface area contributed by atoms with E-state index in [1.165, 1.54) is 23.3 Å². The maximum atomic E-state index is 12.9. The van der Waals surface area contributed by atoms with Crippen LogP contribution in [-0.2, 0) is 19.6 Å². The number of benzene rings is 2. The molecule has 0 atom stereocenters. The van der Waals surface area contributed by atoms with Crippen LogP contribution in [0.15, 0.2) is 53.5 Å². The van der Waals surface area contributed by atoms with Crippen LogP contribution in [0.5, 0.6) is 0 Å². The van der Waals surface area contributed by atoms with Crippen molar-refractivity contribution >= 4 is 29.9 Å². The van der Waals surface area contributed by atoms with Crippen molar-refractivity contribution in [3.63, 3.8) is 0 Å². The van der Waals surface area contributed by atoms with Crippen molar-refractivity contribution in [1.82, 2.24) is 15.5 Å². The van der Waals surface area contributed by atoms with Crippen LogP contribution in [0.25, 0.3) is 0 Å². The Morgan fingerprint density at radius 1 is 0.960 bits per heavy atom. The molecule has 0 spiro atoms. The lowest BCUT2D eigenvalue weighted by molar-refractivity contribution is 0.402. The minimum Gasteiger partial charge on any atom is -0.352 e. The number of halogens is 2. The third-order valence-electron chi connectivity index (χ3n) is 3.55. The Morgan fingerprint density at radius 3 is 2.16 bits per heavy atom. The van der Waals surface area contributed by atoms with E-state index in [9.17, 15) is 4.39 Å². The quantitative estimate of drug-likeness (QED) is 0.398. The molecule has 0 fully saturated rings. The topological polar surface area (TPSA) is 39.7 Å². The van der Waals surface area contributed by atoms with Gasteiger partial charge in [0, 0.05) is 26.7 Å². The van der Waals surface area contributed by atoms with E-state index in [2.05, 4.69) is 58.9 Å². The van der Waals surface area contributed by atoms with Crippen LogP contribution in [0.3, 0.4) is 0 Å². The maximum Gasteiger partial charge on any atom is 0.191 e. The van der Waals surface area contributed by atoms with Crippen LogP contribution < -0.4 is 10.6 Å². The lowest BCUT2D eigenvalue weighted by Gasteiger charge is -2.14. The molecule has 2 aromatic rings. The summed E-state index contributed by atoms with van der Waals surface area (Å²) in [5, 5.41) is 6.53. The Kier molecular flexibility index (Phi) is 9.44. The molecule has 0 unspecified atom stereocenters. The minimum absolute atomic E-state index is 0. The monoisotopic (exact) mass is 456 g/mol. The van der Waals surface area contributed by atoms with E-state index >= 15 is 0 Å². The van der Waals surface area contributed by atoms with Gasteiger partial charge >= 0.3 is 0 Å².